The molecule has 0 saturated carbocycles. The lowest BCUT2D eigenvalue weighted by atomic mass is 10.1. The van der Waals surface area contributed by atoms with Gasteiger partial charge in [0.2, 0.25) is 0 Å². The highest BCUT2D eigenvalue weighted by atomic mass is 16.5. The number of aromatic nitrogens is 2. The van der Waals surface area contributed by atoms with Gasteiger partial charge in [-0.05, 0) is 36.8 Å². The fourth-order valence-electron chi connectivity index (χ4n) is 2.23. The van der Waals surface area contributed by atoms with E-state index in [-0.39, 0.29) is 12.5 Å². The fraction of sp³-hybridized carbons (Fsp3) is 0.188. The van der Waals surface area contributed by atoms with Crippen molar-refractivity contribution in [3.8, 4) is 0 Å². The van der Waals surface area contributed by atoms with E-state index in [1.807, 2.05) is 6.07 Å². The van der Waals surface area contributed by atoms with Crippen LogP contribution >= 0.6 is 0 Å². The molecule has 0 N–H and O–H groups in total. The van der Waals surface area contributed by atoms with Crippen LogP contribution in [0.3, 0.4) is 0 Å². The van der Waals surface area contributed by atoms with Crippen LogP contribution in [-0.2, 0) is 11.3 Å². The van der Waals surface area contributed by atoms with E-state index in [1.165, 1.54) is 4.57 Å². The average Bonchev–Trinajstić information content (AvgIpc) is 2.84. The van der Waals surface area contributed by atoms with Gasteiger partial charge in [0.05, 0.1) is 18.7 Å². The molecule has 0 aliphatic rings. The molecule has 3 aromatic rings. The minimum atomic E-state index is -0.477. The highest BCUT2D eigenvalue weighted by molar-refractivity contribution is 5.89. The van der Waals surface area contributed by atoms with E-state index in [0.717, 1.165) is 5.56 Å². The van der Waals surface area contributed by atoms with Gasteiger partial charge >= 0.3 is 11.7 Å². The lowest BCUT2D eigenvalue weighted by Gasteiger charge is -2.05. The summed E-state index contributed by atoms with van der Waals surface area (Å²) in [5, 5.41) is 0. The zero-order chi connectivity index (χ0) is 15.5. The van der Waals surface area contributed by atoms with Crippen molar-refractivity contribution in [1.29, 1.82) is 0 Å². The maximum atomic E-state index is 11.9. The third kappa shape index (κ3) is 2.63. The van der Waals surface area contributed by atoms with Crippen LogP contribution in [-0.4, -0.2) is 22.1 Å². The molecular weight excluding hydrogens is 284 g/mol. The van der Waals surface area contributed by atoms with Gasteiger partial charge in [0.15, 0.2) is 11.2 Å². The second-order valence-electron chi connectivity index (χ2n) is 4.70. The Hall–Kier alpha value is -2.89. The largest absolute Gasteiger partial charge is 0.462 e. The van der Waals surface area contributed by atoms with Crippen LogP contribution in [0.4, 0.5) is 0 Å². The first-order valence-corrected chi connectivity index (χ1v) is 6.89. The fourth-order valence-corrected chi connectivity index (χ4v) is 2.23. The van der Waals surface area contributed by atoms with Gasteiger partial charge in [-0.1, -0.05) is 12.1 Å². The first-order chi connectivity index (χ1) is 10.7. The molecule has 0 bridgehead atoms. The second-order valence-corrected chi connectivity index (χ2v) is 4.70. The number of ether oxygens (including phenoxy) is 1. The topological polar surface area (TPSA) is 74.3 Å². The van der Waals surface area contributed by atoms with Crippen molar-refractivity contribution >= 4 is 17.2 Å². The van der Waals surface area contributed by atoms with E-state index in [9.17, 15) is 9.59 Å². The van der Waals surface area contributed by atoms with Crippen LogP contribution in [0.2, 0.25) is 0 Å². The summed E-state index contributed by atoms with van der Waals surface area (Å²) < 4.78 is 11.5. The number of carbonyl (C=O) groups is 1. The minimum absolute atomic E-state index is 0.274. The van der Waals surface area contributed by atoms with Crippen LogP contribution in [0.15, 0.2) is 51.8 Å². The highest BCUT2D eigenvalue weighted by Gasteiger charge is 2.12. The van der Waals surface area contributed by atoms with Crippen molar-refractivity contribution in [2.75, 3.05) is 6.61 Å². The molecule has 0 unspecified atom stereocenters. The third-order valence-corrected chi connectivity index (χ3v) is 3.20. The number of hydrogen-bond donors (Lipinski definition) is 0. The van der Waals surface area contributed by atoms with Crippen molar-refractivity contribution in [1.82, 2.24) is 9.55 Å². The molecule has 0 amide bonds. The predicted octanol–water partition coefficient (Wildman–Crippen LogP) is 2.21. The van der Waals surface area contributed by atoms with Gasteiger partial charge in [-0.15, -0.1) is 0 Å². The van der Waals surface area contributed by atoms with Gasteiger partial charge < -0.3 is 9.15 Å². The number of nitrogens with zero attached hydrogens (tertiary/aromatic N) is 2. The van der Waals surface area contributed by atoms with Crippen molar-refractivity contribution < 1.29 is 13.9 Å². The Bertz CT molecular complexity index is 879. The van der Waals surface area contributed by atoms with E-state index in [0.29, 0.717) is 23.4 Å². The predicted molar refractivity (Wildman–Crippen MR) is 79.8 cm³/mol. The van der Waals surface area contributed by atoms with Gasteiger partial charge in [0.1, 0.15) is 0 Å². The van der Waals surface area contributed by atoms with Crippen molar-refractivity contribution in [3.63, 3.8) is 0 Å². The van der Waals surface area contributed by atoms with E-state index in [4.69, 9.17) is 9.15 Å². The number of benzene rings is 1. The van der Waals surface area contributed by atoms with E-state index in [1.54, 1.807) is 43.5 Å². The molecule has 0 aliphatic carbocycles. The number of pyridine rings is 1. The molecule has 2 heterocycles. The van der Waals surface area contributed by atoms with Crippen molar-refractivity contribution in [3.05, 3.63) is 64.3 Å². The van der Waals surface area contributed by atoms with Crippen molar-refractivity contribution in [2.45, 2.75) is 13.5 Å². The molecule has 22 heavy (non-hydrogen) atoms. The summed E-state index contributed by atoms with van der Waals surface area (Å²) in [6.07, 6.45) is 1.60. The summed E-state index contributed by atoms with van der Waals surface area (Å²) in [7, 11) is 0. The lowest BCUT2D eigenvalue weighted by molar-refractivity contribution is 0.0526. The molecule has 0 aliphatic heterocycles. The monoisotopic (exact) mass is 298 g/mol. The molecule has 0 atom stereocenters. The number of rotatable bonds is 4. The van der Waals surface area contributed by atoms with Crippen LogP contribution in [0.5, 0.6) is 0 Å². The normalized spacial score (nSPS) is 10.8. The Morgan fingerprint density at radius 3 is 3.00 bits per heavy atom. The first kappa shape index (κ1) is 14.1. The molecule has 0 saturated heterocycles. The molecule has 0 fully saturated rings. The smallest absolute Gasteiger partial charge is 0.421 e. The maximum absolute atomic E-state index is 11.9. The summed E-state index contributed by atoms with van der Waals surface area (Å²) >= 11 is 0. The Kier molecular flexibility index (Phi) is 3.74. The Labute approximate surface area is 126 Å². The number of oxazole rings is 1. The van der Waals surface area contributed by atoms with Gasteiger partial charge in [-0.25, -0.2) is 14.6 Å². The third-order valence-electron chi connectivity index (χ3n) is 3.20. The standard InChI is InChI=1S/C16H14N2O4/c1-2-21-15(19)12-6-3-5-11(9-12)10-18-14-13(22-16(18)20)7-4-8-17-14/h3-9H,2,10H2,1H3. The van der Waals surface area contributed by atoms with E-state index < -0.39 is 5.76 Å². The Balaban J connectivity index is 1.95. The van der Waals surface area contributed by atoms with Crippen LogP contribution in [0, 0.1) is 0 Å². The molecule has 112 valence electrons. The molecule has 3 rings (SSSR count). The number of fused-ring (bicyclic) bond motifs is 1. The number of esters is 1. The highest BCUT2D eigenvalue weighted by Crippen LogP contribution is 2.13. The summed E-state index contributed by atoms with van der Waals surface area (Å²) in [6.45, 7) is 2.35. The van der Waals surface area contributed by atoms with Crippen LogP contribution in [0.1, 0.15) is 22.8 Å². The summed E-state index contributed by atoms with van der Waals surface area (Å²) in [6, 6.07) is 10.4. The SMILES string of the molecule is CCOC(=O)c1cccc(Cn2c(=O)oc3cccnc32)c1. The molecule has 2 aromatic heterocycles. The Morgan fingerprint density at radius 2 is 2.18 bits per heavy atom. The molecule has 0 radical (unpaired) electrons. The maximum Gasteiger partial charge on any atom is 0.421 e. The zero-order valence-electron chi connectivity index (χ0n) is 12.0. The zero-order valence-corrected chi connectivity index (χ0v) is 12.0. The summed E-state index contributed by atoms with van der Waals surface area (Å²) in [4.78, 5) is 27.8. The van der Waals surface area contributed by atoms with Gasteiger partial charge in [0, 0.05) is 6.20 Å². The number of hydrogen-bond acceptors (Lipinski definition) is 5. The minimum Gasteiger partial charge on any atom is -0.462 e. The Morgan fingerprint density at radius 1 is 1.32 bits per heavy atom. The molecule has 6 nitrogen and oxygen atoms in total. The quantitative estimate of drug-likeness (QED) is 0.690. The molecular formula is C16H14N2O4. The van der Waals surface area contributed by atoms with Crippen molar-refractivity contribution in [2.24, 2.45) is 0 Å². The summed E-state index contributed by atoms with van der Waals surface area (Å²) in [5.41, 5.74) is 2.16. The first-order valence-electron chi connectivity index (χ1n) is 6.89. The van der Waals surface area contributed by atoms with Gasteiger partial charge in [-0.3, -0.25) is 4.57 Å². The number of carbonyl (C=O) groups excluding carboxylic acids is 1. The van der Waals surface area contributed by atoms with E-state index >= 15 is 0 Å². The second kappa shape index (κ2) is 5.85. The molecule has 0 spiro atoms. The average molecular weight is 298 g/mol. The molecule has 1 aromatic carbocycles. The van der Waals surface area contributed by atoms with Gasteiger partial charge in [-0.2, -0.15) is 0 Å². The van der Waals surface area contributed by atoms with Crippen LogP contribution in [0.25, 0.3) is 11.2 Å². The lowest BCUT2D eigenvalue weighted by Crippen LogP contribution is -2.15. The van der Waals surface area contributed by atoms with Gasteiger partial charge in [0.25, 0.3) is 0 Å². The van der Waals surface area contributed by atoms with E-state index in [2.05, 4.69) is 4.98 Å². The summed E-state index contributed by atoms with van der Waals surface area (Å²) in [5.74, 6) is -0.859. The molecule has 6 heteroatoms. The van der Waals surface area contributed by atoms with Crippen LogP contribution < -0.4 is 5.76 Å².